The van der Waals surface area contributed by atoms with Crippen LogP contribution >= 0.6 is 0 Å². The van der Waals surface area contributed by atoms with Crippen LogP contribution in [-0.2, 0) is 5.41 Å². The van der Waals surface area contributed by atoms with Gasteiger partial charge in [0.15, 0.2) is 0 Å². The molecule has 0 atom stereocenters. The number of benzene rings is 5. The van der Waals surface area contributed by atoms with Gasteiger partial charge in [-0.3, -0.25) is 0 Å². The zero-order valence-corrected chi connectivity index (χ0v) is 22.3. The van der Waals surface area contributed by atoms with Crippen molar-refractivity contribution in [3.05, 3.63) is 142 Å². The highest BCUT2D eigenvalue weighted by atomic mass is 16.5. The molecule has 5 aromatic carbocycles. The van der Waals surface area contributed by atoms with E-state index in [4.69, 9.17) is 4.74 Å². The Morgan fingerprint density at radius 2 is 1.11 bits per heavy atom. The Labute approximate surface area is 224 Å². The lowest BCUT2D eigenvalue weighted by molar-refractivity contribution is 0.433. The van der Waals surface area contributed by atoms with Crippen LogP contribution in [0.1, 0.15) is 58.4 Å². The minimum absolute atomic E-state index is 0.479. The summed E-state index contributed by atoms with van der Waals surface area (Å²) in [6.45, 7) is 8.50. The third kappa shape index (κ3) is 2.88. The number of ether oxygens (including phenoxy) is 1. The van der Waals surface area contributed by atoms with E-state index < -0.39 is 5.41 Å². The third-order valence-corrected chi connectivity index (χ3v) is 8.42. The fraction of sp³-hybridized carbons (Fsp3) is 0.135. The van der Waals surface area contributed by atoms with E-state index in [9.17, 15) is 0 Å². The molecule has 1 heteroatoms. The normalized spacial score (nSPS) is 14.5. The SMILES string of the molecule is C/C=C\c1c(C)ccc2c1Oc1c(ccc(C)c1/C=C\C)C21c2ccccc2-c2cc3ccccc3cc21. The maximum absolute atomic E-state index is 7.01. The van der Waals surface area contributed by atoms with Crippen LogP contribution < -0.4 is 4.74 Å². The van der Waals surface area contributed by atoms with Crippen molar-refractivity contribution in [2.75, 3.05) is 0 Å². The van der Waals surface area contributed by atoms with Gasteiger partial charge in [0.05, 0.1) is 5.41 Å². The molecule has 38 heavy (non-hydrogen) atoms. The standard InChI is InChI=1S/C37H30O/c1-5-11-27-23(3)17-19-32-35(27)38-36-28(12-6-2)24(4)18-20-33(36)37(32)31-16-10-9-15-29(31)30-21-25-13-7-8-14-26(25)22-34(30)37/h5-22H,1-4H3/b11-5-,12-6-. The lowest BCUT2D eigenvalue weighted by Gasteiger charge is -2.41. The molecule has 184 valence electrons. The van der Waals surface area contributed by atoms with Gasteiger partial charge >= 0.3 is 0 Å². The van der Waals surface area contributed by atoms with Gasteiger partial charge in [0, 0.05) is 22.3 Å². The number of rotatable bonds is 2. The second-order valence-electron chi connectivity index (χ2n) is 10.5. The predicted molar refractivity (Wildman–Crippen MR) is 160 cm³/mol. The Morgan fingerprint density at radius 1 is 0.553 bits per heavy atom. The van der Waals surface area contributed by atoms with Gasteiger partial charge in [-0.1, -0.05) is 97.1 Å². The summed E-state index contributed by atoms with van der Waals surface area (Å²) in [5.74, 6) is 1.92. The predicted octanol–water partition coefficient (Wildman–Crippen LogP) is 9.99. The quantitative estimate of drug-likeness (QED) is 0.234. The molecule has 0 amide bonds. The highest BCUT2D eigenvalue weighted by molar-refractivity contribution is 5.97. The molecule has 1 heterocycles. The minimum atomic E-state index is -0.479. The Kier molecular flexibility index (Phi) is 5.00. The monoisotopic (exact) mass is 490 g/mol. The van der Waals surface area contributed by atoms with Crippen molar-refractivity contribution in [2.24, 2.45) is 0 Å². The summed E-state index contributed by atoms with van der Waals surface area (Å²) in [5, 5.41) is 2.53. The van der Waals surface area contributed by atoms with Crippen molar-refractivity contribution < 1.29 is 4.74 Å². The minimum Gasteiger partial charge on any atom is -0.455 e. The Hall–Kier alpha value is -4.36. The number of hydrogen-bond acceptors (Lipinski definition) is 1. The zero-order chi connectivity index (χ0) is 26.0. The van der Waals surface area contributed by atoms with Crippen LogP contribution in [0.2, 0.25) is 0 Å². The Bertz CT molecular complexity index is 1760. The Morgan fingerprint density at radius 3 is 1.71 bits per heavy atom. The van der Waals surface area contributed by atoms with Crippen molar-refractivity contribution in [3.63, 3.8) is 0 Å². The molecule has 1 aliphatic carbocycles. The van der Waals surface area contributed by atoms with Crippen LogP contribution in [0, 0.1) is 13.8 Å². The molecule has 0 radical (unpaired) electrons. The lowest BCUT2D eigenvalue weighted by atomic mass is 9.65. The van der Waals surface area contributed by atoms with E-state index in [2.05, 4.69) is 137 Å². The van der Waals surface area contributed by atoms with Crippen LogP contribution in [0.4, 0.5) is 0 Å². The van der Waals surface area contributed by atoms with Gasteiger partial charge in [0.2, 0.25) is 0 Å². The first-order valence-corrected chi connectivity index (χ1v) is 13.4. The van der Waals surface area contributed by atoms with Gasteiger partial charge in [-0.15, -0.1) is 0 Å². The molecule has 1 aliphatic heterocycles. The average molecular weight is 491 g/mol. The molecule has 5 aromatic rings. The summed E-state index contributed by atoms with van der Waals surface area (Å²) in [4.78, 5) is 0. The highest BCUT2D eigenvalue weighted by Gasteiger charge is 2.52. The van der Waals surface area contributed by atoms with E-state index >= 15 is 0 Å². The van der Waals surface area contributed by atoms with E-state index in [1.807, 2.05) is 0 Å². The van der Waals surface area contributed by atoms with E-state index in [-0.39, 0.29) is 0 Å². The van der Waals surface area contributed by atoms with Gasteiger partial charge in [-0.25, -0.2) is 0 Å². The molecule has 1 nitrogen and oxygen atoms in total. The summed E-state index contributed by atoms with van der Waals surface area (Å²) >= 11 is 0. The summed E-state index contributed by atoms with van der Waals surface area (Å²) in [5.41, 5.74) is 11.9. The van der Waals surface area contributed by atoms with E-state index in [1.165, 1.54) is 55.3 Å². The highest BCUT2D eigenvalue weighted by Crippen LogP contribution is 2.64. The molecule has 0 fully saturated rings. The largest absolute Gasteiger partial charge is 0.455 e. The topological polar surface area (TPSA) is 9.23 Å². The third-order valence-electron chi connectivity index (χ3n) is 8.42. The molecular weight excluding hydrogens is 460 g/mol. The number of aryl methyl sites for hydroxylation is 2. The fourth-order valence-electron chi connectivity index (χ4n) is 6.74. The number of allylic oxidation sites excluding steroid dienone is 2. The van der Waals surface area contributed by atoms with Crippen LogP contribution in [0.25, 0.3) is 34.1 Å². The summed E-state index contributed by atoms with van der Waals surface area (Å²) < 4.78 is 7.01. The first-order valence-electron chi connectivity index (χ1n) is 13.4. The first-order chi connectivity index (χ1) is 18.6. The Balaban J connectivity index is 1.73. The molecule has 7 rings (SSSR count). The smallest absolute Gasteiger partial charge is 0.139 e. The molecule has 0 aromatic heterocycles. The fourth-order valence-corrected chi connectivity index (χ4v) is 6.74. The molecule has 0 bridgehead atoms. The van der Waals surface area contributed by atoms with Crippen molar-refractivity contribution in [3.8, 4) is 22.6 Å². The van der Waals surface area contributed by atoms with Crippen LogP contribution in [0.3, 0.4) is 0 Å². The van der Waals surface area contributed by atoms with Crippen LogP contribution in [-0.4, -0.2) is 0 Å². The lowest BCUT2D eigenvalue weighted by Crippen LogP contribution is -2.33. The van der Waals surface area contributed by atoms with E-state index in [0.29, 0.717) is 0 Å². The first kappa shape index (κ1) is 22.8. The molecule has 0 N–H and O–H groups in total. The maximum Gasteiger partial charge on any atom is 0.139 e. The molecule has 0 saturated heterocycles. The van der Waals surface area contributed by atoms with E-state index in [1.54, 1.807) is 0 Å². The van der Waals surface area contributed by atoms with Crippen molar-refractivity contribution in [1.82, 2.24) is 0 Å². The van der Waals surface area contributed by atoms with Gasteiger partial charge < -0.3 is 4.74 Å². The van der Waals surface area contributed by atoms with Crippen molar-refractivity contribution in [1.29, 1.82) is 0 Å². The van der Waals surface area contributed by atoms with Crippen molar-refractivity contribution in [2.45, 2.75) is 33.1 Å². The summed E-state index contributed by atoms with van der Waals surface area (Å²) in [7, 11) is 0. The molecule has 1 spiro atoms. The number of fused-ring (bicyclic) bond motifs is 10. The molecule has 2 aliphatic rings. The number of hydrogen-bond donors (Lipinski definition) is 0. The van der Waals surface area contributed by atoms with Crippen LogP contribution in [0.5, 0.6) is 11.5 Å². The average Bonchev–Trinajstić information content (AvgIpc) is 3.21. The maximum atomic E-state index is 7.01. The zero-order valence-electron chi connectivity index (χ0n) is 22.3. The van der Waals surface area contributed by atoms with Gasteiger partial charge in [-0.2, -0.15) is 0 Å². The second-order valence-corrected chi connectivity index (χ2v) is 10.5. The van der Waals surface area contributed by atoms with Gasteiger partial charge in [0.25, 0.3) is 0 Å². The summed E-state index contributed by atoms with van der Waals surface area (Å²) in [6.07, 6.45) is 8.61. The molecule has 0 saturated carbocycles. The molecular formula is C37H30O. The molecule has 0 unspecified atom stereocenters. The van der Waals surface area contributed by atoms with Crippen molar-refractivity contribution >= 4 is 22.9 Å². The summed E-state index contributed by atoms with van der Waals surface area (Å²) in [6, 6.07) is 31.6. The van der Waals surface area contributed by atoms with E-state index in [0.717, 1.165) is 22.6 Å². The van der Waals surface area contributed by atoms with Gasteiger partial charge in [-0.05, 0) is 84.0 Å². The van der Waals surface area contributed by atoms with Crippen LogP contribution in [0.15, 0.2) is 97.1 Å². The van der Waals surface area contributed by atoms with Gasteiger partial charge in [0.1, 0.15) is 11.5 Å². The second kappa shape index (κ2) is 8.33.